The van der Waals surface area contributed by atoms with Gasteiger partial charge in [-0.3, -0.25) is 9.59 Å². The number of rotatable bonds is 9. The Morgan fingerprint density at radius 2 is 1.79 bits per heavy atom. The lowest BCUT2D eigenvalue weighted by molar-refractivity contribution is -0.142. The van der Waals surface area contributed by atoms with Gasteiger partial charge in [-0.1, -0.05) is 36.2 Å². The minimum absolute atomic E-state index is 0.169. The average Bonchev–Trinajstić information content (AvgIpc) is 2.70. The minimum atomic E-state index is -0.614. The zero-order valence-electron chi connectivity index (χ0n) is 16.3. The van der Waals surface area contributed by atoms with Gasteiger partial charge in [-0.15, -0.1) is 0 Å². The van der Waals surface area contributed by atoms with Gasteiger partial charge < -0.3 is 15.0 Å². The summed E-state index contributed by atoms with van der Waals surface area (Å²) < 4.78 is 6.72. The van der Waals surface area contributed by atoms with Crippen molar-refractivity contribution in [3.8, 4) is 5.75 Å². The Hall–Kier alpha value is -1.51. The number of benzene rings is 2. The number of halogens is 3. The van der Waals surface area contributed by atoms with Gasteiger partial charge in [-0.2, -0.15) is 0 Å². The first-order valence-electron chi connectivity index (χ1n) is 9.25. The molecule has 0 bridgehead atoms. The van der Waals surface area contributed by atoms with Gasteiger partial charge in [-0.25, -0.2) is 0 Å². The van der Waals surface area contributed by atoms with Crippen LogP contribution >= 0.6 is 45.8 Å². The number of amides is 2. The van der Waals surface area contributed by atoms with Crippen LogP contribution in [-0.2, 0) is 16.1 Å². The molecule has 1 N–H and O–H groups in total. The van der Waals surface area contributed by atoms with Crippen LogP contribution in [0.15, 0.2) is 42.5 Å². The molecule has 0 heterocycles. The molecule has 8 heteroatoms. The number of carbonyl (C=O) groups excluding carboxylic acids is 2. The normalized spacial score (nSPS) is 11.6. The highest BCUT2D eigenvalue weighted by Crippen LogP contribution is 2.24. The molecule has 0 saturated heterocycles. The molecule has 0 aliphatic rings. The van der Waals surface area contributed by atoms with Gasteiger partial charge in [0.05, 0.1) is 10.0 Å². The molecule has 0 fully saturated rings. The number of nitrogens with one attached hydrogen (secondary N) is 1. The second-order valence-electron chi connectivity index (χ2n) is 6.33. The molecule has 2 aromatic carbocycles. The predicted octanol–water partition coefficient (Wildman–Crippen LogP) is 4.92. The maximum absolute atomic E-state index is 13.0. The van der Waals surface area contributed by atoms with Crippen molar-refractivity contribution in [2.75, 3.05) is 13.2 Å². The molecule has 1 atom stereocenters. The maximum Gasteiger partial charge on any atom is 0.261 e. The quantitative estimate of drug-likeness (QED) is 0.452. The van der Waals surface area contributed by atoms with Gasteiger partial charge in [0, 0.05) is 16.7 Å². The lowest BCUT2D eigenvalue weighted by Gasteiger charge is -2.30. The number of ether oxygens (including phenoxy) is 1. The number of hydrogen-bond acceptors (Lipinski definition) is 3. The SMILES string of the molecule is CCNC(=O)[C@H](CC)N(Cc1ccc(Cl)c(Cl)c1)C(=O)COc1ccc(I)cc1. The van der Waals surface area contributed by atoms with E-state index in [4.69, 9.17) is 27.9 Å². The third-order valence-corrected chi connectivity index (χ3v) is 5.71. The van der Waals surface area contributed by atoms with Crippen LogP contribution < -0.4 is 10.1 Å². The molecule has 0 aliphatic carbocycles. The second-order valence-corrected chi connectivity index (χ2v) is 8.39. The summed E-state index contributed by atoms with van der Waals surface area (Å²) in [5, 5.41) is 3.63. The highest BCUT2D eigenvalue weighted by atomic mass is 127. The smallest absolute Gasteiger partial charge is 0.261 e. The summed E-state index contributed by atoms with van der Waals surface area (Å²) in [6.07, 6.45) is 0.475. The Morgan fingerprint density at radius 1 is 1.10 bits per heavy atom. The molecule has 0 unspecified atom stereocenters. The van der Waals surface area contributed by atoms with Crippen molar-refractivity contribution in [2.45, 2.75) is 32.9 Å². The summed E-state index contributed by atoms with van der Waals surface area (Å²) in [5.74, 6) is 0.115. The van der Waals surface area contributed by atoms with Crippen molar-refractivity contribution in [3.05, 3.63) is 61.6 Å². The van der Waals surface area contributed by atoms with Gasteiger partial charge in [0.1, 0.15) is 11.8 Å². The molecule has 0 aliphatic heterocycles. The molecule has 156 valence electrons. The zero-order valence-corrected chi connectivity index (χ0v) is 19.9. The molecule has 0 radical (unpaired) electrons. The van der Waals surface area contributed by atoms with Crippen LogP contribution in [-0.4, -0.2) is 35.9 Å². The van der Waals surface area contributed by atoms with Crippen LogP contribution in [0.1, 0.15) is 25.8 Å². The summed E-state index contributed by atoms with van der Waals surface area (Å²) in [6.45, 7) is 4.26. The summed E-state index contributed by atoms with van der Waals surface area (Å²) in [7, 11) is 0. The number of likely N-dealkylation sites (N-methyl/N-ethyl adjacent to an activating group) is 1. The largest absolute Gasteiger partial charge is 0.484 e. The Kier molecular flexibility index (Phi) is 9.52. The molecule has 0 spiro atoms. The van der Waals surface area contributed by atoms with Crippen LogP contribution in [0.5, 0.6) is 5.75 Å². The van der Waals surface area contributed by atoms with Gasteiger partial charge in [0.25, 0.3) is 5.91 Å². The van der Waals surface area contributed by atoms with Crippen LogP contribution in [0.3, 0.4) is 0 Å². The average molecular weight is 549 g/mol. The van der Waals surface area contributed by atoms with E-state index in [2.05, 4.69) is 27.9 Å². The maximum atomic E-state index is 13.0. The van der Waals surface area contributed by atoms with Crippen molar-refractivity contribution in [1.82, 2.24) is 10.2 Å². The molecule has 5 nitrogen and oxygen atoms in total. The standard InChI is InChI=1S/C21H23Cl2IN2O3/c1-3-19(21(28)25-4-2)26(12-14-5-10-17(22)18(23)11-14)20(27)13-29-16-8-6-15(24)7-9-16/h5-11,19H,3-4,12-13H2,1-2H3,(H,25,28)/t19-/m0/s1. The molecule has 0 aromatic heterocycles. The fourth-order valence-electron chi connectivity index (χ4n) is 2.81. The van der Waals surface area contributed by atoms with Gasteiger partial charge in [0.15, 0.2) is 6.61 Å². The third kappa shape index (κ3) is 7.04. The fourth-order valence-corrected chi connectivity index (χ4v) is 3.49. The van der Waals surface area contributed by atoms with E-state index in [1.807, 2.05) is 26.0 Å². The van der Waals surface area contributed by atoms with E-state index in [0.29, 0.717) is 28.8 Å². The molecule has 2 amide bonds. The van der Waals surface area contributed by atoms with E-state index >= 15 is 0 Å². The Labute approximate surface area is 194 Å². The Bertz CT molecular complexity index is 846. The molecule has 2 aromatic rings. The van der Waals surface area contributed by atoms with Crippen LogP contribution in [0.25, 0.3) is 0 Å². The molecule has 2 rings (SSSR count). The minimum Gasteiger partial charge on any atom is -0.484 e. The van der Waals surface area contributed by atoms with E-state index in [1.165, 1.54) is 4.90 Å². The lowest BCUT2D eigenvalue weighted by Crippen LogP contribution is -2.50. The van der Waals surface area contributed by atoms with E-state index in [0.717, 1.165) is 9.13 Å². The highest BCUT2D eigenvalue weighted by molar-refractivity contribution is 14.1. The van der Waals surface area contributed by atoms with Gasteiger partial charge >= 0.3 is 0 Å². The summed E-state index contributed by atoms with van der Waals surface area (Å²) >= 11 is 14.3. The number of carbonyl (C=O) groups is 2. The Balaban J connectivity index is 2.21. The van der Waals surface area contributed by atoms with Gasteiger partial charge in [0.2, 0.25) is 5.91 Å². The van der Waals surface area contributed by atoms with Crippen molar-refractivity contribution in [1.29, 1.82) is 0 Å². The predicted molar refractivity (Wildman–Crippen MR) is 124 cm³/mol. The van der Waals surface area contributed by atoms with Crippen molar-refractivity contribution >= 4 is 57.6 Å². The lowest BCUT2D eigenvalue weighted by atomic mass is 10.1. The van der Waals surface area contributed by atoms with E-state index in [9.17, 15) is 9.59 Å². The van der Waals surface area contributed by atoms with Crippen molar-refractivity contribution in [3.63, 3.8) is 0 Å². The number of hydrogen-bond donors (Lipinski definition) is 1. The van der Waals surface area contributed by atoms with Crippen LogP contribution in [0.4, 0.5) is 0 Å². The van der Waals surface area contributed by atoms with Crippen molar-refractivity contribution < 1.29 is 14.3 Å². The van der Waals surface area contributed by atoms with E-state index in [1.54, 1.807) is 30.3 Å². The van der Waals surface area contributed by atoms with E-state index < -0.39 is 6.04 Å². The third-order valence-electron chi connectivity index (χ3n) is 4.25. The summed E-state index contributed by atoms with van der Waals surface area (Å²) in [6, 6.07) is 12.0. The first kappa shape index (κ1) is 23.8. The van der Waals surface area contributed by atoms with Gasteiger partial charge in [-0.05, 0) is 77.9 Å². The van der Waals surface area contributed by atoms with Crippen LogP contribution in [0.2, 0.25) is 10.0 Å². The number of nitrogens with zero attached hydrogens (tertiary/aromatic N) is 1. The Morgan fingerprint density at radius 3 is 2.38 bits per heavy atom. The highest BCUT2D eigenvalue weighted by Gasteiger charge is 2.28. The first-order chi connectivity index (χ1) is 13.8. The van der Waals surface area contributed by atoms with Crippen LogP contribution in [0, 0.1) is 3.57 Å². The summed E-state index contributed by atoms with van der Waals surface area (Å²) in [4.78, 5) is 27.1. The fraction of sp³-hybridized carbons (Fsp3) is 0.333. The summed E-state index contributed by atoms with van der Waals surface area (Å²) in [5.41, 5.74) is 0.782. The second kappa shape index (κ2) is 11.6. The molecule has 0 saturated carbocycles. The molecular formula is C21H23Cl2IN2O3. The topological polar surface area (TPSA) is 58.6 Å². The first-order valence-corrected chi connectivity index (χ1v) is 11.1. The molecular weight excluding hydrogens is 526 g/mol. The monoisotopic (exact) mass is 548 g/mol. The van der Waals surface area contributed by atoms with E-state index in [-0.39, 0.29) is 25.0 Å². The molecule has 29 heavy (non-hydrogen) atoms. The van der Waals surface area contributed by atoms with Crippen molar-refractivity contribution in [2.24, 2.45) is 0 Å². The zero-order chi connectivity index (χ0) is 21.4.